The van der Waals surface area contributed by atoms with Crippen LogP contribution in [0.3, 0.4) is 0 Å². The van der Waals surface area contributed by atoms with Gasteiger partial charge in [-0.3, -0.25) is 4.79 Å². The van der Waals surface area contributed by atoms with Gasteiger partial charge in [-0.15, -0.1) is 12.4 Å². The SMILES string of the molecule is CC(NC(=O)CCCCCCN)c1cc(F)c(Cl)cc1Cl.Cl. The molecule has 0 saturated carbocycles. The largest absolute Gasteiger partial charge is 0.350 e. The average Bonchev–Trinajstić information content (AvgIpc) is 2.42. The third-order valence-corrected chi connectivity index (χ3v) is 3.86. The first-order valence-corrected chi connectivity index (χ1v) is 7.85. The topological polar surface area (TPSA) is 55.1 Å². The zero-order chi connectivity index (χ0) is 15.8. The summed E-state index contributed by atoms with van der Waals surface area (Å²) in [5, 5.41) is 3.14. The van der Waals surface area contributed by atoms with E-state index in [0.717, 1.165) is 25.7 Å². The minimum absolute atomic E-state index is 0. The van der Waals surface area contributed by atoms with Crippen LogP contribution in [0.15, 0.2) is 12.1 Å². The molecule has 1 rings (SSSR count). The summed E-state index contributed by atoms with van der Waals surface area (Å²) in [5.74, 6) is -0.611. The third-order valence-electron chi connectivity index (χ3n) is 3.24. The Bertz CT molecular complexity index is 486. The highest BCUT2D eigenvalue weighted by molar-refractivity contribution is 6.35. The van der Waals surface area contributed by atoms with E-state index in [1.807, 2.05) is 0 Å². The zero-order valence-corrected chi connectivity index (χ0v) is 14.8. The van der Waals surface area contributed by atoms with Gasteiger partial charge in [-0.2, -0.15) is 0 Å². The summed E-state index contributed by atoms with van der Waals surface area (Å²) in [6.45, 7) is 2.45. The number of nitrogens with two attached hydrogens (primary N) is 1. The Kier molecular flexibility index (Phi) is 10.8. The van der Waals surface area contributed by atoms with Gasteiger partial charge in [-0.25, -0.2) is 4.39 Å². The maximum absolute atomic E-state index is 13.5. The number of hydrogen-bond donors (Lipinski definition) is 2. The van der Waals surface area contributed by atoms with E-state index in [0.29, 0.717) is 23.6 Å². The molecular weight excluding hydrogens is 350 g/mol. The van der Waals surface area contributed by atoms with E-state index >= 15 is 0 Å². The minimum Gasteiger partial charge on any atom is -0.350 e. The monoisotopic (exact) mass is 370 g/mol. The summed E-state index contributed by atoms with van der Waals surface area (Å²) in [7, 11) is 0. The third kappa shape index (κ3) is 7.14. The van der Waals surface area contributed by atoms with Gasteiger partial charge in [0.1, 0.15) is 5.82 Å². The first kappa shape index (κ1) is 21.4. The molecule has 0 aromatic heterocycles. The number of amides is 1. The second-order valence-electron chi connectivity index (χ2n) is 5.03. The molecule has 0 fully saturated rings. The molecule has 0 heterocycles. The van der Waals surface area contributed by atoms with E-state index in [2.05, 4.69) is 5.32 Å². The number of halogens is 4. The molecule has 0 bridgehead atoms. The fraction of sp³-hybridized carbons (Fsp3) is 0.533. The molecule has 1 amide bonds. The van der Waals surface area contributed by atoms with Gasteiger partial charge in [0.05, 0.1) is 11.1 Å². The van der Waals surface area contributed by atoms with Crippen LogP contribution in [0.4, 0.5) is 4.39 Å². The predicted octanol–water partition coefficient (Wildman–Crippen LogP) is 4.64. The van der Waals surface area contributed by atoms with E-state index in [4.69, 9.17) is 28.9 Å². The van der Waals surface area contributed by atoms with E-state index in [9.17, 15) is 9.18 Å². The standard InChI is InChI=1S/C15H21Cl2FN2O.ClH/c1-10(11-8-14(18)13(17)9-12(11)16)20-15(21)6-4-2-3-5-7-19;/h8-10H,2-7,19H2,1H3,(H,20,21);1H. The Morgan fingerprint density at radius 1 is 1.23 bits per heavy atom. The van der Waals surface area contributed by atoms with E-state index < -0.39 is 5.82 Å². The van der Waals surface area contributed by atoms with Crippen LogP contribution in [-0.4, -0.2) is 12.5 Å². The van der Waals surface area contributed by atoms with Crippen molar-refractivity contribution in [2.24, 2.45) is 5.73 Å². The van der Waals surface area contributed by atoms with Crippen molar-refractivity contribution in [3.63, 3.8) is 0 Å². The molecule has 3 nitrogen and oxygen atoms in total. The average molecular weight is 372 g/mol. The van der Waals surface area contributed by atoms with Crippen molar-refractivity contribution >= 4 is 41.5 Å². The van der Waals surface area contributed by atoms with E-state index in [1.54, 1.807) is 6.92 Å². The first-order chi connectivity index (χ1) is 9.95. The Balaban J connectivity index is 0.00000441. The molecule has 0 saturated heterocycles. The molecule has 1 atom stereocenters. The summed E-state index contributed by atoms with van der Waals surface area (Å²) in [6.07, 6.45) is 4.27. The summed E-state index contributed by atoms with van der Waals surface area (Å²) in [5.41, 5.74) is 5.93. The minimum atomic E-state index is -0.543. The number of carbonyl (C=O) groups excluding carboxylic acids is 1. The number of hydrogen-bond acceptors (Lipinski definition) is 2. The normalized spacial score (nSPS) is 11.7. The van der Waals surface area contributed by atoms with Gasteiger partial charge in [0, 0.05) is 11.4 Å². The van der Waals surface area contributed by atoms with Crippen LogP contribution >= 0.6 is 35.6 Å². The highest BCUT2D eigenvalue weighted by Crippen LogP contribution is 2.28. The lowest BCUT2D eigenvalue weighted by Gasteiger charge is -2.16. The van der Waals surface area contributed by atoms with Gasteiger partial charge < -0.3 is 11.1 Å². The number of carbonyl (C=O) groups is 1. The number of nitrogens with one attached hydrogen (secondary N) is 1. The molecule has 7 heteroatoms. The summed E-state index contributed by atoms with van der Waals surface area (Å²) in [4.78, 5) is 11.8. The van der Waals surface area contributed by atoms with Crippen LogP contribution in [-0.2, 0) is 4.79 Å². The van der Waals surface area contributed by atoms with Crippen LogP contribution in [0.2, 0.25) is 10.0 Å². The van der Waals surface area contributed by atoms with Gasteiger partial charge in [-0.05, 0) is 44.0 Å². The Hall–Kier alpha value is -0.550. The molecule has 0 aliphatic carbocycles. The Morgan fingerprint density at radius 3 is 2.50 bits per heavy atom. The van der Waals surface area contributed by atoms with Crippen LogP contribution < -0.4 is 11.1 Å². The molecule has 1 aromatic rings. The van der Waals surface area contributed by atoms with Crippen molar-refractivity contribution < 1.29 is 9.18 Å². The lowest BCUT2D eigenvalue weighted by atomic mass is 10.1. The number of unbranched alkanes of at least 4 members (excludes halogenated alkanes) is 3. The van der Waals surface area contributed by atoms with Crippen molar-refractivity contribution in [3.05, 3.63) is 33.6 Å². The van der Waals surface area contributed by atoms with Gasteiger partial charge in [0.2, 0.25) is 5.91 Å². The van der Waals surface area contributed by atoms with Crippen molar-refractivity contribution in [2.45, 2.75) is 45.1 Å². The molecule has 126 valence electrons. The Labute approximate surface area is 147 Å². The van der Waals surface area contributed by atoms with Crippen molar-refractivity contribution in [1.82, 2.24) is 5.32 Å². The molecule has 22 heavy (non-hydrogen) atoms. The molecule has 1 aromatic carbocycles. The van der Waals surface area contributed by atoms with Crippen LogP contribution in [0.5, 0.6) is 0 Å². The first-order valence-electron chi connectivity index (χ1n) is 7.09. The van der Waals surface area contributed by atoms with Crippen LogP contribution in [0.1, 0.15) is 50.6 Å². The fourth-order valence-corrected chi connectivity index (χ4v) is 2.59. The van der Waals surface area contributed by atoms with Gasteiger partial charge in [-0.1, -0.05) is 36.0 Å². The lowest BCUT2D eigenvalue weighted by molar-refractivity contribution is -0.121. The number of benzene rings is 1. The Morgan fingerprint density at radius 2 is 1.86 bits per heavy atom. The predicted molar refractivity (Wildman–Crippen MR) is 92.4 cm³/mol. The fourth-order valence-electron chi connectivity index (χ4n) is 2.04. The maximum Gasteiger partial charge on any atom is 0.220 e. The molecule has 0 aliphatic heterocycles. The zero-order valence-electron chi connectivity index (χ0n) is 12.5. The van der Waals surface area contributed by atoms with Crippen LogP contribution in [0, 0.1) is 5.82 Å². The molecule has 0 aliphatic rings. The lowest BCUT2D eigenvalue weighted by Crippen LogP contribution is -2.26. The maximum atomic E-state index is 13.5. The number of rotatable bonds is 8. The molecule has 0 spiro atoms. The highest BCUT2D eigenvalue weighted by Gasteiger charge is 2.15. The molecule has 1 unspecified atom stereocenters. The molecule has 3 N–H and O–H groups in total. The van der Waals surface area contributed by atoms with E-state index in [-0.39, 0.29) is 29.4 Å². The van der Waals surface area contributed by atoms with Gasteiger partial charge >= 0.3 is 0 Å². The van der Waals surface area contributed by atoms with Gasteiger partial charge in [0.25, 0.3) is 0 Å². The quantitative estimate of drug-likeness (QED) is 0.516. The van der Waals surface area contributed by atoms with Crippen molar-refractivity contribution in [3.8, 4) is 0 Å². The van der Waals surface area contributed by atoms with Crippen molar-refractivity contribution in [2.75, 3.05) is 6.54 Å². The summed E-state index contributed by atoms with van der Waals surface area (Å²) < 4.78 is 13.5. The highest BCUT2D eigenvalue weighted by atomic mass is 35.5. The van der Waals surface area contributed by atoms with E-state index in [1.165, 1.54) is 12.1 Å². The summed E-state index contributed by atoms with van der Waals surface area (Å²) >= 11 is 11.7. The van der Waals surface area contributed by atoms with Crippen molar-refractivity contribution in [1.29, 1.82) is 0 Å². The second-order valence-corrected chi connectivity index (χ2v) is 5.84. The van der Waals surface area contributed by atoms with Crippen LogP contribution in [0.25, 0.3) is 0 Å². The smallest absolute Gasteiger partial charge is 0.220 e. The molecule has 0 radical (unpaired) electrons. The summed E-state index contributed by atoms with van der Waals surface area (Å²) in [6, 6.07) is 2.25. The van der Waals surface area contributed by atoms with Gasteiger partial charge in [0.15, 0.2) is 0 Å². The molecular formula is C15H22Cl3FN2O. The second kappa shape index (κ2) is 11.1.